The molecule has 1 aliphatic rings. The number of likely N-dealkylation sites (tertiary alicyclic amines) is 1. The Labute approximate surface area is 195 Å². The lowest BCUT2D eigenvalue weighted by Gasteiger charge is -2.26. The summed E-state index contributed by atoms with van der Waals surface area (Å²) in [5.41, 5.74) is 1.33. The number of aliphatic hydroxyl groups is 1. The molecule has 1 atom stereocenters. The number of Topliss-reactive ketones (excluding diaryl/α,β-unsaturated/α-hetero) is 1. The van der Waals surface area contributed by atoms with Crippen molar-refractivity contribution in [1.82, 2.24) is 9.88 Å². The Morgan fingerprint density at radius 3 is 2.30 bits per heavy atom. The average Bonchev–Trinajstić information content (AvgIpc) is 3.08. The zero-order valence-electron chi connectivity index (χ0n) is 19.9. The second-order valence-electron chi connectivity index (χ2n) is 8.71. The van der Waals surface area contributed by atoms with Crippen molar-refractivity contribution < 1.29 is 24.3 Å². The summed E-state index contributed by atoms with van der Waals surface area (Å²) < 4.78 is 5.71. The number of nitrogens with one attached hydrogen (secondary N) is 1. The smallest absolute Gasteiger partial charge is 0.295 e. The molecule has 0 unspecified atom stereocenters. The normalized spacial score (nSPS) is 17.9. The van der Waals surface area contributed by atoms with Crippen LogP contribution in [0.3, 0.4) is 0 Å². The van der Waals surface area contributed by atoms with E-state index < -0.39 is 17.7 Å². The number of aliphatic hydroxyl groups excluding tert-OH is 1. The molecular formula is C26H34N3O4+. The van der Waals surface area contributed by atoms with Gasteiger partial charge in [-0.2, -0.15) is 0 Å². The van der Waals surface area contributed by atoms with Gasteiger partial charge in [0.2, 0.25) is 0 Å². The standard InChI is InChI=1S/C26H33N3O4/c1-5-28(6-2)15-16-29-23(19-11-13-27-14-12-19)22(25(31)26(29)32)24(30)20-7-9-21(10-8-20)33-17-18(3)4/h7-14,18,23,30H,5-6,15-17H2,1-4H3/p+1/b24-22-/t23-/m1/s1. The highest BCUT2D eigenvalue weighted by Crippen LogP contribution is 2.39. The highest BCUT2D eigenvalue weighted by atomic mass is 16.5. The van der Waals surface area contributed by atoms with Crippen LogP contribution in [0.2, 0.25) is 0 Å². The monoisotopic (exact) mass is 452 g/mol. The van der Waals surface area contributed by atoms with Crippen LogP contribution in [0.15, 0.2) is 54.4 Å². The highest BCUT2D eigenvalue weighted by molar-refractivity contribution is 6.46. The zero-order chi connectivity index (χ0) is 24.0. The Bertz CT molecular complexity index is 982. The van der Waals surface area contributed by atoms with Crippen molar-refractivity contribution in [2.75, 3.05) is 32.8 Å². The number of nitrogens with zero attached hydrogens (tertiary/aromatic N) is 2. The van der Waals surface area contributed by atoms with E-state index in [0.29, 0.717) is 30.4 Å². The maximum atomic E-state index is 13.1. The molecule has 1 amide bonds. The van der Waals surface area contributed by atoms with E-state index in [1.54, 1.807) is 53.7 Å². The molecule has 2 heterocycles. The van der Waals surface area contributed by atoms with Crippen molar-refractivity contribution in [3.63, 3.8) is 0 Å². The first-order chi connectivity index (χ1) is 15.9. The van der Waals surface area contributed by atoms with Crippen LogP contribution < -0.4 is 9.64 Å². The van der Waals surface area contributed by atoms with Gasteiger partial charge in [-0.3, -0.25) is 14.6 Å². The molecule has 2 aromatic rings. The highest BCUT2D eigenvalue weighted by Gasteiger charge is 2.46. The van der Waals surface area contributed by atoms with Crippen molar-refractivity contribution in [1.29, 1.82) is 0 Å². The predicted molar refractivity (Wildman–Crippen MR) is 127 cm³/mol. The summed E-state index contributed by atoms with van der Waals surface area (Å²) in [6.07, 6.45) is 3.26. The number of rotatable bonds is 10. The average molecular weight is 453 g/mol. The summed E-state index contributed by atoms with van der Waals surface area (Å²) in [6.45, 7) is 11.9. The number of carbonyl (C=O) groups is 2. The van der Waals surface area contributed by atoms with Gasteiger partial charge in [0.25, 0.3) is 11.7 Å². The Morgan fingerprint density at radius 1 is 1.09 bits per heavy atom. The van der Waals surface area contributed by atoms with Gasteiger partial charge in [0.1, 0.15) is 11.5 Å². The van der Waals surface area contributed by atoms with E-state index in [4.69, 9.17) is 4.74 Å². The summed E-state index contributed by atoms with van der Waals surface area (Å²) in [4.78, 5) is 33.1. The first-order valence-corrected chi connectivity index (χ1v) is 11.6. The lowest BCUT2D eigenvalue weighted by atomic mass is 9.96. The van der Waals surface area contributed by atoms with E-state index >= 15 is 0 Å². The number of hydrogen-bond donors (Lipinski definition) is 2. The molecule has 0 radical (unpaired) electrons. The second-order valence-corrected chi connectivity index (χ2v) is 8.71. The van der Waals surface area contributed by atoms with Gasteiger partial charge >= 0.3 is 0 Å². The van der Waals surface area contributed by atoms with E-state index in [1.807, 2.05) is 0 Å². The number of amides is 1. The molecule has 1 aromatic carbocycles. The third-order valence-corrected chi connectivity index (χ3v) is 5.98. The molecule has 7 nitrogen and oxygen atoms in total. The van der Waals surface area contributed by atoms with Crippen molar-refractivity contribution >= 4 is 17.4 Å². The molecule has 0 bridgehead atoms. The van der Waals surface area contributed by atoms with Crippen LogP contribution in [0, 0.1) is 5.92 Å². The fraction of sp³-hybridized carbons (Fsp3) is 0.423. The largest absolute Gasteiger partial charge is 0.507 e. The first kappa shape index (κ1) is 24.5. The van der Waals surface area contributed by atoms with Crippen LogP contribution in [0.1, 0.15) is 44.9 Å². The van der Waals surface area contributed by atoms with Gasteiger partial charge in [-0.05, 0) is 61.7 Å². The van der Waals surface area contributed by atoms with Gasteiger partial charge in [-0.25, -0.2) is 0 Å². The van der Waals surface area contributed by atoms with E-state index in [2.05, 4.69) is 32.7 Å². The predicted octanol–water partition coefficient (Wildman–Crippen LogP) is 2.46. The molecule has 0 saturated carbocycles. The van der Waals surface area contributed by atoms with E-state index in [0.717, 1.165) is 25.2 Å². The van der Waals surface area contributed by atoms with Crippen molar-refractivity contribution in [3.05, 3.63) is 65.5 Å². The minimum absolute atomic E-state index is 0.108. The van der Waals surface area contributed by atoms with Crippen LogP contribution in [0.4, 0.5) is 0 Å². The van der Waals surface area contributed by atoms with Crippen LogP contribution in [-0.4, -0.2) is 59.5 Å². The summed E-state index contributed by atoms with van der Waals surface area (Å²) >= 11 is 0. The number of ether oxygens (including phenoxy) is 1. The minimum atomic E-state index is -0.663. The molecule has 7 heteroatoms. The molecule has 176 valence electrons. The molecule has 3 rings (SSSR count). The molecule has 1 aromatic heterocycles. The fourth-order valence-corrected chi connectivity index (χ4v) is 4.01. The molecule has 0 aliphatic carbocycles. The molecule has 1 aliphatic heterocycles. The number of pyridine rings is 1. The topological polar surface area (TPSA) is 84.2 Å². The minimum Gasteiger partial charge on any atom is -0.507 e. The van der Waals surface area contributed by atoms with Gasteiger partial charge in [0, 0.05) is 18.0 Å². The van der Waals surface area contributed by atoms with Crippen molar-refractivity contribution in [3.8, 4) is 5.75 Å². The number of benzene rings is 1. The lowest BCUT2D eigenvalue weighted by molar-refractivity contribution is -0.895. The number of hydrogen-bond acceptors (Lipinski definition) is 5. The summed E-state index contributed by atoms with van der Waals surface area (Å²) in [7, 11) is 0. The lowest BCUT2D eigenvalue weighted by Crippen LogP contribution is -3.12. The van der Waals surface area contributed by atoms with Gasteiger partial charge in [-0.1, -0.05) is 13.8 Å². The maximum absolute atomic E-state index is 13.1. The molecule has 33 heavy (non-hydrogen) atoms. The second kappa shape index (κ2) is 11.1. The Kier molecular flexibility index (Phi) is 8.22. The van der Waals surface area contributed by atoms with Gasteiger partial charge in [-0.15, -0.1) is 0 Å². The van der Waals surface area contributed by atoms with Crippen molar-refractivity contribution in [2.45, 2.75) is 33.7 Å². The maximum Gasteiger partial charge on any atom is 0.295 e. The van der Waals surface area contributed by atoms with Crippen molar-refractivity contribution in [2.24, 2.45) is 5.92 Å². The third kappa shape index (κ3) is 5.60. The number of ketones is 1. The first-order valence-electron chi connectivity index (χ1n) is 11.6. The molecular weight excluding hydrogens is 418 g/mol. The Hall–Kier alpha value is -3.19. The third-order valence-electron chi connectivity index (χ3n) is 5.98. The molecule has 1 fully saturated rings. The fourth-order valence-electron chi connectivity index (χ4n) is 4.01. The Balaban J connectivity index is 1.98. The SMILES string of the molecule is CC[NH+](CC)CCN1C(=O)C(=O)/C(=C(\O)c2ccc(OCC(C)C)cc2)[C@H]1c1ccncc1. The quantitative estimate of drug-likeness (QED) is 0.329. The van der Waals surface area contributed by atoms with E-state index in [1.165, 1.54) is 4.90 Å². The van der Waals surface area contributed by atoms with Crippen LogP contribution in [0.25, 0.3) is 5.76 Å². The zero-order valence-corrected chi connectivity index (χ0v) is 19.9. The van der Waals surface area contributed by atoms with Gasteiger partial charge in [0.15, 0.2) is 0 Å². The molecule has 2 N–H and O–H groups in total. The molecule has 0 spiro atoms. The Morgan fingerprint density at radius 2 is 1.73 bits per heavy atom. The number of quaternary nitrogens is 1. The van der Waals surface area contributed by atoms with Crippen LogP contribution in [-0.2, 0) is 9.59 Å². The van der Waals surface area contributed by atoms with Crippen LogP contribution in [0.5, 0.6) is 5.75 Å². The summed E-state index contributed by atoms with van der Waals surface area (Å²) in [5, 5.41) is 11.2. The van der Waals surface area contributed by atoms with Crippen LogP contribution >= 0.6 is 0 Å². The number of carbonyl (C=O) groups excluding carboxylic acids is 2. The molecule has 1 saturated heterocycles. The number of likely N-dealkylation sites (N-methyl/N-ethyl adjacent to an activating group) is 1. The van der Waals surface area contributed by atoms with Gasteiger partial charge < -0.3 is 19.6 Å². The summed E-state index contributed by atoms with van der Waals surface area (Å²) in [5.74, 6) is -0.338. The van der Waals surface area contributed by atoms with E-state index in [9.17, 15) is 14.7 Å². The number of aromatic nitrogens is 1. The van der Waals surface area contributed by atoms with E-state index in [-0.39, 0.29) is 11.3 Å². The van der Waals surface area contributed by atoms with Gasteiger partial charge in [0.05, 0.1) is 44.4 Å². The summed E-state index contributed by atoms with van der Waals surface area (Å²) in [6, 6.07) is 9.86.